The lowest BCUT2D eigenvalue weighted by atomic mass is 9.74. The highest BCUT2D eigenvalue weighted by Crippen LogP contribution is 2.49. The van der Waals surface area contributed by atoms with Gasteiger partial charge in [-0.25, -0.2) is 0 Å². The molecule has 1 saturated heterocycles. The van der Waals surface area contributed by atoms with Crippen molar-refractivity contribution in [2.75, 3.05) is 33.9 Å². The fourth-order valence-corrected chi connectivity index (χ4v) is 4.61. The number of nitrogens with zero attached hydrogens (tertiary/aromatic N) is 1. The van der Waals surface area contributed by atoms with Gasteiger partial charge in [-0.1, -0.05) is 13.3 Å². The van der Waals surface area contributed by atoms with Gasteiger partial charge in [0.2, 0.25) is 5.75 Å². The number of aromatic hydroxyl groups is 1. The van der Waals surface area contributed by atoms with E-state index >= 15 is 0 Å². The Morgan fingerprint density at radius 3 is 2.67 bits per heavy atom. The summed E-state index contributed by atoms with van der Waals surface area (Å²) in [7, 11) is 3.16. The topological polar surface area (TPSA) is 62.2 Å². The summed E-state index contributed by atoms with van der Waals surface area (Å²) in [4.78, 5) is 2.54. The fraction of sp³-hybridized carbons (Fsp3) is 0.684. The number of aliphatic hydroxyl groups is 1. The molecule has 0 amide bonds. The Morgan fingerprint density at radius 1 is 1.25 bits per heavy atom. The largest absolute Gasteiger partial charge is 0.504 e. The maximum absolute atomic E-state index is 10.6. The quantitative estimate of drug-likeness (QED) is 0.866. The third-order valence-electron chi connectivity index (χ3n) is 5.92. The van der Waals surface area contributed by atoms with E-state index < -0.39 is 0 Å². The molecule has 0 aromatic heterocycles. The average Bonchev–Trinajstić information content (AvgIpc) is 2.61. The van der Waals surface area contributed by atoms with Gasteiger partial charge in [-0.05, 0) is 42.7 Å². The number of rotatable bonds is 5. The van der Waals surface area contributed by atoms with E-state index in [9.17, 15) is 10.2 Å². The first-order valence-electron chi connectivity index (χ1n) is 8.96. The lowest BCUT2D eigenvalue weighted by Gasteiger charge is -2.47. The van der Waals surface area contributed by atoms with Gasteiger partial charge >= 0.3 is 0 Å². The number of aliphatic hydroxyl groups excluding tert-OH is 1. The van der Waals surface area contributed by atoms with Crippen LogP contribution >= 0.6 is 0 Å². The van der Waals surface area contributed by atoms with Crippen molar-refractivity contribution in [2.24, 2.45) is 11.8 Å². The van der Waals surface area contributed by atoms with E-state index in [2.05, 4.69) is 11.8 Å². The van der Waals surface area contributed by atoms with Crippen LogP contribution in [0.25, 0.3) is 0 Å². The summed E-state index contributed by atoms with van der Waals surface area (Å²) >= 11 is 0. The Balaban J connectivity index is 1.99. The normalized spacial score (nSPS) is 26.6. The number of phenolic OH excluding ortho intramolecular Hbond substituents is 1. The molecule has 24 heavy (non-hydrogen) atoms. The second-order valence-corrected chi connectivity index (χ2v) is 6.97. The van der Waals surface area contributed by atoms with Crippen molar-refractivity contribution in [1.29, 1.82) is 0 Å². The van der Waals surface area contributed by atoms with Gasteiger partial charge in [-0.3, -0.25) is 4.90 Å². The van der Waals surface area contributed by atoms with Crippen molar-refractivity contribution in [3.8, 4) is 17.2 Å². The van der Waals surface area contributed by atoms with Crippen molar-refractivity contribution in [1.82, 2.24) is 4.90 Å². The molecule has 3 rings (SSSR count). The number of hydrogen-bond acceptors (Lipinski definition) is 5. The number of methoxy groups -OCH3 is 2. The number of phenols is 1. The van der Waals surface area contributed by atoms with Crippen LogP contribution in [0.5, 0.6) is 17.2 Å². The minimum Gasteiger partial charge on any atom is -0.504 e. The molecule has 0 spiro atoms. The molecule has 2 N–H and O–H groups in total. The Hall–Kier alpha value is -1.46. The second kappa shape index (κ2) is 7.19. The summed E-state index contributed by atoms with van der Waals surface area (Å²) in [5.74, 6) is 2.42. The minimum atomic E-state index is 0.225. The molecule has 5 nitrogen and oxygen atoms in total. The number of fused-ring (bicyclic) bond motifs is 3. The molecule has 5 heteroatoms. The van der Waals surface area contributed by atoms with Crippen molar-refractivity contribution in [3.05, 3.63) is 17.2 Å². The van der Waals surface area contributed by atoms with Gasteiger partial charge in [-0.15, -0.1) is 0 Å². The van der Waals surface area contributed by atoms with Gasteiger partial charge in [0.1, 0.15) is 0 Å². The van der Waals surface area contributed by atoms with Crippen LogP contribution in [0.3, 0.4) is 0 Å². The SMILES string of the molecule is CCC1CN2CCc3c(cc(OC)c(OC)c3O)C2CC1CCO. The smallest absolute Gasteiger partial charge is 0.203 e. The second-order valence-electron chi connectivity index (χ2n) is 6.97. The standard InChI is InChI=1S/C19H29NO4/c1-4-12-11-20-7-5-14-15(16(20)9-13(12)6-8-21)10-17(23-2)19(24-3)18(14)22/h10,12-13,16,21-22H,4-9,11H2,1-3H3. The van der Waals surface area contributed by atoms with E-state index in [-0.39, 0.29) is 12.4 Å². The maximum Gasteiger partial charge on any atom is 0.203 e. The Morgan fingerprint density at radius 2 is 2.04 bits per heavy atom. The molecule has 1 fully saturated rings. The molecule has 3 atom stereocenters. The molecule has 0 bridgehead atoms. The van der Waals surface area contributed by atoms with E-state index in [0.29, 0.717) is 29.4 Å². The molecule has 134 valence electrons. The summed E-state index contributed by atoms with van der Waals surface area (Å²) in [5, 5.41) is 20.1. The number of piperidine rings is 1. The molecule has 0 radical (unpaired) electrons. The lowest BCUT2D eigenvalue weighted by molar-refractivity contribution is 0.0405. The summed E-state index contributed by atoms with van der Waals surface area (Å²) in [5.41, 5.74) is 2.15. The van der Waals surface area contributed by atoms with E-state index in [1.807, 2.05) is 6.07 Å². The maximum atomic E-state index is 10.6. The third kappa shape index (κ3) is 2.84. The number of hydrogen-bond donors (Lipinski definition) is 2. The van der Waals surface area contributed by atoms with Crippen LogP contribution in [0, 0.1) is 11.8 Å². The van der Waals surface area contributed by atoms with E-state index in [1.54, 1.807) is 14.2 Å². The molecule has 0 aliphatic carbocycles. The highest BCUT2D eigenvalue weighted by atomic mass is 16.5. The van der Waals surface area contributed by atoms with Crippen LogP contribution in [-0.4, -0.2) is 49.0 Å². The average molecular weight is 335 g/mol. The minimum absolute atomic E-state index is 0.225. The van der Waals surface area contributed by atoms with Crippen molar-refractivity contribution in [3.63, 3.8) is 0 Å². The van der Waals surface area contributed by atoms with E-state index in [4.69, 9.17) is 9.47 Å². The number of ether oxygens (including phenoxy) is 2. The van der Waals surface area contributed by atoms with E-state index in [1.165, 1.54) is 0 Å². The molecule has 0 saturated carbocycles. The predicted molar refractivity (Wildman–Crippen MR) is 92.8 cm³/mol. The molecule has 1 aromatic carbocycles. The molecule has 2 aliphatic rings. The summed E-state index contributed by atoms with van der Waals surface area (Å²) in [6.07, 6.45) is 3.87. The van der Waals surface area contributed by atoms with Gasteiger partial charge in [-0.2, -0.15) is 0 Å². The molecule has 1 aromatic rings. The first kappa shape index (κ1) is 17.4. The summed E-state index contributed by atoms with van der Waals surface area (Å²) in [6.45, 7) is 4.52. The van der Waals surface area contributed by atoms with Crippen LogP contribution in [0.4, 0.5) is 0 Å². The zero-order valence-corrected chi connectivity index (χ0v) is 14.9. The van der Waals surface area contributed by atoms with Gasteiger partial charge in [0.05, 0.1) is 14.2 Å². The van der Waals surface area contributed by atoms with Crippen LogP contribution in [0.15, 0.2) is 6.07 Å². The highest BCUT2D eigenvalue weighted by Gasteiger charge is 2.39. The van der Waals surface area contributed by atoms with Crippen LogP contribution in [-0.2, 0) is 6.42 Å². The monoisotopic (exact) mass is 335 g/mol. The molecule has 3 unspecified atom stereocenters. The Kier molecular flexibility index (Phi) is 5.21. The van der Waals surface area contributed by atoms with Crippen molar-refractivity contribution in [2.45, 2.75) is 38.6 Å². The van der Waals surface area contributed by atoms with Gasteiger partial charge < -0.3 is 19.7 Å². The van der Waals surface area contributed by atoms with Crippen molar-refractivity contribution >= 4 is 0 Å². The highest BCUT2D eigenvalue weighted by molar-refractivity contribution is 5.59. The first-order valence-corrected chi connectivity index (χ1v) is 8.96. The zero-order chi connectivity index (χ0) is 17.3. The van der Waals surface area contributed by atoms with Crippen LogP contribution < -0.4 is 9.47 Å². The Bertz CT molecular complexity index is 589. The summed E-state index contributed by atoms with van der Waals surface area (Å²) in [6, 6.07) is 2.33. The van der Waals surface area contributed by atoms with Crippen molar-refractivity contribution < 1.29 is 19.7 Å². The van der Waals surface area contributed by atoms with Crippen LogP contribution in [0.2, 0.25) is 0 Å². The van der Waals surface area contributed by atoms with E-state index in [0.717, 1.165) is 49.9 Å². The first-order chi connectivity index (χ1) is 11.6. The molecule has 2 heterocycles. The zero-order valence-electron chi connectivity index (χ0n) is 14.9. The number of benzene rings is 1. The van der Waals surface area contributed by atoms with Gasteiger partial charge in [0.15, 0.2) is 11.5 Å². The predicted octanol–water partition coefficient (Wildman–Crippen LogP) is 2.74. The third-order valence-corrected chi connectivity index (χ3v) is 5.92. The van der Waals surface area contributed by atoms with Gasteiger partial charge in [0, 0.05) is 31.3 Å². The lowest BCUT2D eigenvalue weighted by Crippen LogP contribution is -2.46. The molecule has 2 aliphatic heterocycles. The molecular weight excluding hydrogens is 306 g/mol. The Labute approximate surface area is 144 Å². The molecular formula is C19H29NO4. The summed E-state index contributed by atoms with van der Waals surface area (Å²) < 4.78 is 10.8. The fourth-order valence-electron chi connectivity index (χ4n) is 4.61. The van der Waals surface area contributed by atoms with Crippen LogP contribution in [0.1, 0.15) is 43.4 Å². The van der Waals surface area contributed by atoms with Gasteiger partial charge in [0.25, 0.3) is 0 Å².